The molecule has 0 radical (unpaired) electrons. The molecule has 2 aromatic rings. The molecule has 0 amide bonds. The van der Waals surface area contributed by atoms with Gasteiger partial charge in [-0.05, 0) is 24.6 Å². The quantitative estimate of drug-likeness (QED) is 0.776. The van der Waals surface area contributed by atoms with Crippen molar-refractivity contribution >= 4 is 11.7 Å². The topological polar surface area (TPSA) is 82.5 Å². The molecule has 5 heteroatoms. The first kappa shape index (κ1) is 14.0. The number of nitrogens with one attached hydrogen (secondary N) is 1. The first-order chi connectivity index (χ1) is 9.55. The predicted molar refractivity (Wildman–Crippen MR) is 75.7 cm³/mol. The van der Waals surface area contributed by atoms with Crippen molar-refractivity contribution in [3.63, 3.8) is 0 Å². The lowest BCUT2D eigenvalue weighted by Gasteiger charge is -2.30. The summed E-state index contributed by atoms with van der Waals surface area (Å²) < 4.78 is 0. The number of nitrogens with zero attached hydrogens (tertiary/aromatic N) is 1. The summed E-state index contributed by atoms with van der Waals surface area (Å²) in [5.74, 6) is -1.07. The fraction of sp³-hybridized carbons (Fsp3) is 0.200. The highest BCUT2D eigenvalue weighted by atomic mass is 16.4. The van der Waals surface area contributed by atoms with Crippen LogP contribution < -0.4 is 5.32 Å². The van der Waals surface area contributed by atoms with E-state index in [1.54, 1.807) is 6.07 Å². The van der Waals surface area contributed by atoms with Gasteiger partial charge in [-0.2, -0.15) is 0 Å². The van der Waals surface area contributed by atoms with E-state index in [2.05, 4.69) is 10.3 Å². The number of anilines is 1. The molecule has 0 saturated heterocycles. The second-order valence-electron chi connectivity index (χ2n) is 4.72. The Labute approximate surface area is 116 Å². The third-order valence-corrected chi connectivity index (χ3v) is 3.13. The Balaban J connectivity index is 2.24. The summed E-state index contributed by atoms with van der Waals surface area (Å²) >= 11 is 0. The molecule has 0 spiro atoms. The smallest absolute Gasteiger partial charge is 0.354 e. The molecule has 1 aromatic carbocycles. The van der Waals surface area contributed by atoms with Crippen molar-refractivity contribution in [2.24, 2.45) is 0 Å². The lowest BCUT2D eigenvalue weighted by molar-refractivity contribution is 0.0690. The van der Waals surface area contributed by atoms with Crippen LogP contribution in [0.5, 0.6) is 0 Å². The average Bonchev–Trinajstić information content (AvgIpc) is 2.48. The highest BCUT2D eigenvalue weighted by Crippen LogP contribution is 2.25. The van der Waals surface area contributed by atoms with Gasteiger partial charge in [0.05, 0.1) is 24.0 Å². The van der Waals surface area contributed by atoms with Gasteiger partial charge >= 0.3 is 5.97 Å². The van der Waals surface area contributed by atoms with Gasteiger partial charge in [-0.1, -0.05) is 30.3 Å². The molecule has 1 aromatic heterocycles. The van der Waals surface area contributed by atoms with Gasteiger partial charge < -0.3 is 15.5 Å². The maximum Gasteiger partial charge on any atom is 0.354 e. The zero-order chi connectivity index (χ0) is 14.6. The van der Waals surface area contributed by atoms with E-state index in [9.17, 15) is 9.90 Å². The van der Waals surface area contributed by atoms with E-state index in [1.165, 1.54) is 12.3 Å². The van der Waals surface area contributed by atoms with Gasteiger partial charge in [-0.25, -0.2) is 9.78 Å². The summed E-state index contributed by atoms with van der Waals surface area (Å²) in [6.07, 6.45) is 1.44. The van der Waals surface area contributed by atoms with Crippen LogP contribution >= 0.6 is 0 Å². The summed E-state index contributed by atoms with van der Waals surface area (Å²) in [6.45, 7) is 1.77. The highest BCUT2D eigenvalue weighted by molar-refractivity contribution is 5.85. The monoisotopic (exact) mass is 272 g/mol. The predicted octanol–water partition coefficient (Wildman–Crippen LogP) is 2.10. The minimum Gasteiger partial charge on any atom is -0.477 e. The molecule has 0 bridgehead atoms. The minimum absolute atomic E-state index is 0.0130. The van der Waals surface area contributed by atoms with Crippen molar-refractivity contribution in [2.75, 3.05) is 11.9 Å². The number of carboxylic acid groups (broad SMARTS) is 1. The molecule has 0 fully saturated rings. The second-order valence-corrected chi connectivity index (χ2v) is 4.72. The number of aromatic nitrogens is 1. The molecule has 20 heavy (non-hydrogen) atoms. The van der Waals surface area contributed by atoms with Crippen LogP contribution in [0.4, 0.5) is 5.69 Å². The summed E-state index contributed by atoms with van der Waals surface area (Å²) in [5, 5.41) is 21.7. The van der Waals surface area contributed by atoms with Gasteiger partial charge in [0.25, 0.3) is 0 Å². The number of rotatable bonds is 5. The number of aliphatic hydroxyl groups excluding tert-OH is 1. The van der Waals surface area contributed by atoms with E-state index in [1.807, 2.05) is 37.3 Å². The Kier molecular flexibility index (Phi) is 4.00. The van der Waals surface area contributed by atoms with Crippen LogP contribution in [-0.4, -0.2) is 27.8 Å². The Morgan fingerprint density at radius 1 is 1.25 bits per heavy atom. The van der Waals surface area contributed by atoms with E-state index < -0.39 is 11.5 Å². The molecule has 1 unspecified atom stereocenters. The first-order valence-corrected chi connectivity index (χ1v) is 6.19. The van der Waals surface area contributed by atoms with E-state index in [0.29, 0.717) is 5.69 Å². The third-order valence-electron chi connectivity index (χ3n) is 3.13. The molecule has 0 saturated carbocycles. The largest absolute Gasteiger partial charge is 0.477 e. The second kappa shape index (κ2) is 5.71. The van der Waals surface area contributed by atoms with Crippen molar-refractivity contribution < 1.29 is 15.0 Å². The highest BCUT2D eigenvalue weighted by Gasteiger charge is 2.25. The summed E-state index contributed by atoms with van der Waals surface area (Å²) in [7, 11) is 0. The van der Waals surface area contributed by atoms with Crippen molar-refractivity contribution in [2.45, 2.75) is 12.5 Å². The summed E-state index contributed by atoms with van der Waals surface area (Å²) in [5.41, 5.74) is 0.911. The van der Waals surface area contributed by atoms with Gasteiger partial charge in [-0.3, -0.25) is 0 Å². The Morgan fingerprint density at radius 2 is 1.95 bits per heavy atom. The van der Waals surface area contributed by atoms with Gasteiger partial charge in [0.15, 0.2) is 0 Å². The summed E-state index contributed by atoms with van der Waals surface area (Å²) in [4.78, 5) is 14.6. The number of hydrogen-bond donors (Lipinski definition) is 3. The Hall–Kier alpha value is -2.40. The van der Waals surface area contributed by atoms with Crippen LogP contribution in [0, 0.1) is 0 Å². The fourth-order valence-corrected chi connectivity index (χ4v) is 1.92. The minimum atomic E-state index is -1.07. The normalized spacial score (nSPS) is 13.5. The van der Waals surface area contributed by atoms with Gasteiger partial charge in [0.1, 0.15) is 5.69 Å². The molecule has 5 nitrogen and oxygen atoms in total. The van der Waals surface area contributed by atoms with E-state index >= 15 is 0 Å². The van der Waals surface area contributed by atoms with Crippen LogP contribution in [0.15, 0.2) is 48.7 Å². The number of benzene rings is 1. The van der Waals surface area contributed by atoms with Gasteiger partial charge in [0.2, 0.25) is 0 Å². The average molecular weight is 272 g/mol. The van der Waals surface area contributed by atoms with Crippen LogP contribution in [0.25, 0.3) is 0 Å². The standard InChI is InChI=1S/C15H16N2O3/c1-15(10-18,11-5-3-2-4-6-11)17-12-7-8-13(14(19)20)16-9-12/h2-9,17-18H,10H2,1H3,(H,19,20). The number of aliphatic hydroxyl groups is 1. The Bertz CT molecular complexity index is 584. The molecule has 104 valence electrons. The molecule has 0 aliphatic carbocycles. The molecule has 3 N–H and O–H groups in total. The zero-order valence-electron chi connectivity index (χ0n) is 11.1. The van der Waals surface area contributed by atoms with E-state index in [-0.39, 0.29) is 12.3 Å². The molecule has 1 atom stereocenters. The maximum absolute atomic E-state index is 10.8. The number of carboxylic acids is 1. The molecule has 2 rings (SSSR count). The van der Waals surface area contributed by atoms with Crippen LogP contribution in [-0.2, 0) is 5.54 Å². The van der Waals surface area contributed by atoms with Crippen LogP contribution in [0.3, 0.4) is 0 Å². The number of aromatic carboxylic acids is 1. The lowest BCUT2D eigenvalue weighted by Crippen LogP contribution is -2.35. The number of pyridine rings is 1. The fourth-order valence-electron chi connectivity index (χ4n) is 1.92. The summed E-state index contributed by atoms with van der Waals surface area (Å²) in [6, 6.07) is 12.6. The van der Waals surface area contributed by atoms with Crippen molar-refractivity contribution in [1.82, 2.24) is 4.98 Å². The van der Waals surface area contributed by atoms with Gasteiger partial charge in [-0.15, -0.1) is 0 Å². The van der Waals surface area contributed by atoms with Crippen LogP contribution in [0.1, 0.15) is 23.0 Å². The molecule has 0 aliphatic rings. The van der Waals surface area contributed by atoms with Crippen molar-refractivity contribution in [1.29, 1.82) is 0 Å². The SMILES string of the molecule is CC(CO)(Nc1ccc(C(=O)O)nc1)c1ccccc1. The Morgan fingerprint density at radius 3 is 2.45 bits per heavy atom. The lowest BCUT2D eigenvalue weighted by atomic mass is 9.92. The molecule has 1 heterocycles. The molecular weight excluding hydrogens is 256 g/mol. The first-order valence-electron chi connectivity index (χ1n) is 6.19. The van der Waals surface area contributed by atoms with E-state index in [4.69, 9.17) is 5.11 Å². The van der Waals surface area contributed by atoms with Gasteiger partial charge in [0, 0.05) is 0 Å². The third kappa shape index (κ3) is 2.95. The maximum atomic E-state index is 10.8. The molecular formula is C15H16N2O3. The molecule has 0 aliphatic heterocycles. The zero-order valence-corrected chi connectivity index (χ0v) is 11.1. The van der Waals surface area contributed by atoms with E-state index in [0.717, 1.165) is 5.56 Å². The van der Waals surface area contributed by atoms with Crippen molar-refractivity contribution in [3.05, 3.63) is 59.9 Å². The number of carbonyl (C=O) groups is 1. The van der Waals surface area contributed by atoms with Crippen molar-refractivity contribution in [3.8, 4) is 0 Å². The van der Waals surface area contributed by atoms with Crippen LogP contribution in [0.2, 0.25) is 0 Å². The number of hydrogen-bond acceptors (Lipinski definition) is 4.